The Bertz CT molecular complexity index is 883. The third-order valence-electron chi connectivity index (χ3n) is 5.16. The van der Waals surface area contributed by atoms with Crippen LogP contribution in [0, 0.1) is 22.7 Å². The summed E-state index contributed by atoms with van der Waals surface area (Å²) in [6.45, 7) is 16.2. The molecule has 1 aromatic carbocycles. The number of hydrogen-bond acceptors (Lipinski definition) is 8. The number of hydrogen-bond donors (Lipinski definition) is 0. The molecule has 0 aromatic heterocycles. The van der Waals surface area contributed by atoms with Gasteiger partial charge in [-0.1, -0.05) is 47.0 Å². The van der Waals surface area contributed by atoms with Gasteiger partial charge in [-0.2, -0.15) is 10.5 Å². The van der Waals surface area contributed by atoms with Gasteiger partial charge in [0.05, 0.1) is 51.6 Å². The second kappa shape index (κ2) is 9.87. The van der Waals surface area contributed by atoms with E-state index in [1.807, 2.05) is 13.8 Å². The molecule has 0 radical (unpaired) electrons. The molecule has 0 atom stereocenters. The van der Waals surface area contributed by atoms with Crippen molar-refractivity contribution in [3.05, 3.63) is 19.6 Å². The third kappa shape index (κ3) is 3.96. The normalized spacial score (nSPS) is 14.1. The van der Waals surface area contributed by atoms with E-state index in [-0.39, 0.29) is 0 Å². The van der Waals surface area contributed by atoms with Crippen molar-refractivity contribution in [3.8, 4) is 12.1 Å². The van der Waals surface area contributed by atoms with E-state index in [1.54, 1.807) is 47.0 Å². The van der Waals surface area contributed by atoms with Gasteiger partial charge in [-0.25, -0.2) is 0 Å². The summed E-state index contributed by atoms with van der Waals surface area (Å²) in [6.07, 6.45) is 0. The minimum atomic E-state index is 0.776. The average molecular weight is 475 g/mol. The fourth-order valence-electron chi connectivity index (χ4n) is 3.48. The number of thioether (sulfide) groups is 4. The zero-order valence-corrected chi connectivity index (χ0v) is 21.5. The van der Waals surface area contributed by atoms with Crippen LogP contribution in [0.4, 0.5) is 11.4 Å². The van der Waals surface area contributed by atoms with Crippen LogP contribution in [0.1, 0.15) is 41.5 Å². The van der Waals surface area contributed by atoms with Gasteiger partial charge in [0.15, 0.2) is 0 Å². The van der Waals surface area contributed by atoms with E-state index in [0.29, 0.717) is 0 Å². The first-order valence-electron chi connectivity index (χ1n) is 10.1. The molecule has 30 heavy (non-hydrogen) atoms. The zero-order valence-electron chi connectivity index (χ0n) is 18.3. The largest absolute Gasteiger partial charge is 0.370 e. The van der Waals surface area contributed by atoms with Crippen LogP contribution < -0.4 is 9.80 Å². The smallest absolute Gasteiger partial charge is 0.0961 e. The minimum absolute atomic E-state index is 0.776. The first-order chi connectivity index (χ1) is 14.4. The van der Waals surface area contributed by atoms with E-state index in [2.05, 4.69) is 49.6 Å². The van der Waals surface area contributed by atoms with Crippen molar-refractivity contribution >= 4 is 58.4 Å². The number of fused-ring (bicyclic) bond motifs is 2. The van der Waals surface area contributed by atoms with Crippen molar-refractivity contribution < 1.29 is 0 Å². The highest BCUT2D eigenvalue weighted by Crippen LogP contribution is 2.68. The van der Waals surface area contributed by atoms with Gasteiger partial charge in [-0.15, -0.1) is 0 Å². The average Bonchev–Trinajstić information content (AvgIpc) is 3.40. The first-order valence-corrected chi connectivity index (χ1v) is 13.4. The van der Waals surface area contributed by atoms with Gasteiger partial charge < -0.3 is 9.80 Å². The molecular formula is C22H26N4S4. The molecule has 0 spiro atoms. The summed E-state index contributed by atoms with van der Waals surface area (Å²) in [7, 11) is 0. The Kier molecular flexibility index (Phi) is 7.68. The second-order valence-electron chi connectivity index (χ2n) is 6.82. The van der Waals surface area contributed by atoms with E-state index in [9.17, 15) is 10.5 Å². The summed E-state index contributed by atoms with van der Waals surface area (Å²) in [6, 6.07) is 4.68. The SMILES string of the molecule is CCN(CC)c1c2c(c(N(CC)CC)c3c1SC(=C(C)C#N)S3)SC(=C(C)C#N)S2. The van der Waals surface area contributed by atoms with E-state index in [4.69, 9.17) is 0 Å². The van der Waals surface area contributed by atoms with Crippen LogP contribution in [0.2, 0.25) is 0 Å². The highest BCUT2D eigenvalue weighted by atomic mass is 32.2. The first kappa shape index (κ1) is 23.3. The minimum Gasteiger partial charge on any atom is -0.370 e. The van der Waals surface area contributed by atoms with Crippen molar-refractivity contribution in [2.24, 2.45) is 0 Å². The second-order valence-corrected chi connectivity index (χ2v) is 11.4. The summed E-state index contributed by atoms with van der Waals surface area (Å²) in [5, 5.41) is 19.0. The summed E-state index contributed by atoms with van der Waals surface area (Å²) in [5.41, 5.74) is 4.08. The number of rotatable bonds is 6. The van der Waals surface area contributed by atoms with Gasteiger partial charge in [0.1, 0.15) is 0 Å². The molecule has 0 unspecified atom stereocenters. The topological polar surface area (TPSA) is 54.1 Å². The van der Waals surface area contributed by atoms with Gasteiger partial charge in [0.2, 0.25) is 0 Å². The summed E-state index contributed by atoms with van der Waals surface area (Å²) in [4.78, 5) is 9.88. The molecule has 0 amide bonds. The van der Waals surface area contributed by atoms with Crippen LogP contribution in [0.25, 0.3) is 0 Å². The van der Waals surface area contributed by atoms with Crippen molar-refractivity contribution in [3.63, 3.8) is 0 Å². The molecule has 0 aliphatic carbocycles. The number of benzene rings is 1. The molecule has 0 N–H and O–H groups in total. The highest BCUT2D eigenvalue weighted by molar-refractivity contribution is 8.26. The van der Waals surface area contributed by atoms with Gasteiger partial charge >= 0.3 is 0 Å². The van der Waals surface area contributed by atoms with Crippen LogP contribution in [-0.4, -0.2) is 26.2 Å². The third-order valence-corrected chi connectivity index (χ3v) is 10.8. The van der Waals surface area contributed by atoms with Gasteiger partial charge in [-0.3, -0.25) is 0 Å². The quantitative estimate of drug-likeness (QED) is 0.315. The lowest BCUT2D eigenvalue weighted by atomic mass is 10.2. The predicted molar refractivity (Wildman–Crippen MR) is 134 cm³/mol. The number of allylic oxidation sites excluding steroid dienone is 2. The molecule has 2 aliphatic rings. The Morgan fingerprint density at radius 2 is 0.900 bits per heavy atom. The maximum atomic E-state index is 9.51. The molecule has 0 bridgehead atoms. The van der Waals surface area contributed by atoms with Crippen molar-refractivity contribution in [2.75, 3.05) is 36.0 Å². The lowest BCUT2D eigenvalue weighted by Crippen LogP contribution is -2.26. The van der Waals surface area contributed by atoms with Crippen LogP contribution in [0.3, 0.4) is 0 Å². The molecule has 2 aliphatic heterocycles. The van der Waals surface area contributed by atoms with E-state index in [1.165, 1.54) is 31.0 Å². The lowest BCUT2D eigenvalue weighted by molar-refractivity contribution is 0.801. The Labute approximate surface area is 197 Å². The van der Waals surface area contributed by atoms with Gasteiger partial charge in [0.25, 0.3) is 0 Å². The fourth-order valence-corrected chi connectivity index (χ4v) is 9.05. The maximum Gasteiger partial charge on any atom is 0.0961 e. The Balaban J connectivity index is 2.37. The van der Waals surface area contributed by atoms with E-state index >= 15 is 0 Å². The molecule has 0 saturated heterocycles. The van der Waals surface area contributed by atoms with Crippen LogP contribution in [0.15, 0.2) is 39.2 Å². The van der Waals surface area contributed by atoms with Crippen molar-refractivity contribution in [1.82, 2.24) is 0 Å². The molecule has 8 heteroatoms. The van der Waals surface area contributed by atoms with Crippen molar-refractivity contribution in [1.29, 1.82) is 10.5 Å². The molecule has 3 rings (SSSR count). The molecule has 2 heterocycles. The van der Waals surface area contributed by atoms with Crippen LogP contribution in [-0.2, 0) is 0 Å². The molecule has 0 fully saturated rings. The van der Waals surface area contributed by atoms with Crippen molar-refractivity contribution in [2.45, 2.75) is 61.1 Å². The van der Waals surface area contributed by atoms with Gasteiger partial charge in [0, 0.05) is 37.3 Å². The monoisotopic (exact) mass is 474 g/mol. The summed E-state index contributed by atoms with van der Waals surface area (Å²) in [5.74, 6) is 0. The van der Waals surface area contributed by atoms with Gasteiger partial charge in [-0.05, 0) is 41.5 Å². The Morgan fingerprint density at radius 3 is 1.10 bits per heavy atom. The Hall–Kier alpha value is -1.32. The lowest BCUT2D eigenvalue weighted by Gasteiger charge is -2.30. The molecular weight excluding hydrogens is 449 g/mol. The van der Waals surface area contributed by atoms with Crippen LogP contribution in [0.5, 0.6) is 0 Å². The Morgan fingerprint density at radius 1 is 0.633 bits per heavy atom. The predicted octanol–water partition coefficient (Wildman–Crippen LogP) is 7.28. The highest BCUT2D eigenvalue weighted by Gasteiger charge is 2.38. The number of nitrogens with zero attached hydrogens (tertiary/aromatic N) is 4. The summed E-state index contributed by atoms with van der Waals surface area (Å²) < 4.78 is 2.16. The van der Waals surface area contributed by atoms with Crippen LogP contribution >= 0.6 is 47.0 Å². The van der Waals surface area contributed by atoms with E-state index < -0.39 is 0 Å². The standard InChI is InChI=1S/C22H26N4S4/c1-7-25(8-2)15-17-19(29-21(27-17)13(5)11-23)16(26(9-3)10-4)20-18(15)28-22(30-20)14(6)12-24/h7-10H2,1-6H3. The van der Waals surface area contributed by atoms with E-state index in [0.717, 1.165) is 45.8 Å². The molecule has 1 aromatic rings. The number of anilines is 2. The molecule has 4 nitrogen and oxygen atoms in total. The molecule has 0 saturated carbocycles. The maximum absolute atomic E-state index is 9.51. The number of nitriles is 2. The fraction of sp³-hybridized carbons (Fsp3) is 0.455. The zero-order chi connectivity index (χ0) is 22.0. The molecule has 158 valence electrons. The summed E-state index contributed by atoms with van der Waals surface area (Å²) >= 11 is 6.95.